The molecule has 0 radical (unpaired) electrons. The Labute approximate surface area is 132 Å². The van der Waals surface area contributed by atoms with Crippen LogP contribution >= 0.6 is 0 Å². The van der Waals surface area contributed by atoms with Crippen molar-refractivity contribution in [2.24, 2.45) is 0 Å². The molecule has 0 bridgehead atoms. The molecule has 0 amide bonds. The summed E-state index contributed by atoms with van der Waals surface area (Å²) in [5.74, 6) is -4.44. The van der Waals surface area contributed by atoms with Crippen LogP contribution < -0.4 is 11.3 Å². The maximum atomic E-state index is 13.9. The van der Waals surface area contributed by atoms with Crippen LogP contribution in [0.3, 0.4) is 0 Å². The number of nitrogens with two attached hydrogens (primary N) is 1. The predicted octanol–water partition coefficient (Wildman–Crippen LogP) is 1.64. The fraction of sp³-hybridized carbons (Fsp3) is 0. The van der Waals surface area contributed by atoms with E-state index < -0.39 is 45.8 Å². The minimum atomic E-state index is -1.65. The van der Waals surface area contributed by atoms with E-state index in [1.807, 2.05) is 4.98 Å². The number of nitrogen functional groups attached to an aromatic ring is 1. The van der Waals surface area contributed by atoms with E-state index in [4.69, 9.17) is 5.73 Å². The highest BCUT2D eigenvalue weighted by atomic mass is 19.1. The summed E-state index contributed by atoms with van der Waals surface area (Å²) in [7, 11) is 0. The minimum absolute atomic E-state index is 0.0809. The van der Waals surface area contributed by atoms with Crippen molar-refractivity contribution in [2.45, 2.75) is 0 Å². The molecular formula is C15H10FN3O5. The number of hydrogen-bond acceptors (Lipinski definition) is 4. The predicted molar refractivity (Wildman–Crippen MR) is 82.6 cm³/mol. The molecule has 2 aromatic heterocycles. The summed E-state index contributed by atoms with van der Waals surface area (Å²) in [6.45, 7) is 0. The zero-order valence-electron chi connectivity index (χ0n) is 11.9. The van der Waals surface area contributed by atoms with E-state index in [2.05, 4.69) is 4.98 Å². The van der Waals surface area contributed by atoms with Crippen molar-refractivity contribution < 1.29 is 24.2 Å². The molecule has 0 unspecified atom stereocenters. The van der Waals surface area contributed by atoms with Crippen molar-refractivity contribution in [1.29, 1.82) is 0 Å². The summed E-state index contributed by atoms with van der Waals surface area (Å²) < 4.78 is 13.9. The van der Waals surface area contributed by atoms with E-state index >= 15 is 0 Å². The lowest BCUT2D eigenvalue weighted by atomic mass is 9.94. The van der Waals surface area contributed by atoms with Gasteiger partial charge in [-0.05, 0) is 18.2 Å². The van der Waals surface area contributed by atoms with E-state index in [1.165, 1.54) is 18.3 Å². The Morgan fingerprint density at radius 2 is 1.79 bits per heavy atom. The molecule has 8 nitrogen and oxygen atoms in total. The van der Waals surface area contributed by atoms with E-state index in [0.29, 0.717) is 5.39 Å². The zero-order chi connectivity index (χ0) is 17.6. The van der Waals surface area contributed by atoms with Crippen LogP contribution in [0, 0.1) is 5.82 Å². The first-order valence-corrected chi connectivity index (χ1v) is 6.60. The average Bonchev–Trinajstić information content (AvgIpc) is 2.92. The zero-order valence-corrected chi connectivity index (χ0v) is 11.9. The number of H-pyrrole nitrogens is 2. The summed E-state index contributed by atoms with van der Waals surface area (Å²) in [4.78, 5) is 39.8. The second-order valence-corrected chi connectivity index (χ2v) is 5.00. The number of aromatic nitrogens is 2. The molecule has 0 aliphatic heterocycles. The molecule has 0 fully saturated rings. The third-order valence-corrected chi connectivity index (χ3v) is 3.57. The molecule has 122 valence electrons. The summed E-state index contributed by atoms with van der Waals surface area (Å²) >= 11 is 0. The van der Waals surface area contributed by atoms with Crippen molar-refractivity contribution >= 4 is 28.7 Å². The Bertz CT molecular complexity index is 1070. The van der Waals surface area contributed by atoms with Gasteiger partial charge in [0, 0.05) is 22.7 Å². The molecule has 6 N–H and O–H groups in total. The van der Waals surface area contributed by atoms with Gasteiger partial charge in [-0.25, -0.2) is 14.0 Å². The molecular weight excluding hydrogens is 321 g/mol. The van der Waals surface area contributed by atoms with E-state index in [1.54, 1.807) is 0 Å². The molecule has 1 aromatic carbocycles. The third-order valence-electron chi connectivity index (χ3n) is 3.57. The van der Waals surface area contributed by atoms with Gasteiger partial charge in [0.1, 0.15) is 22.8 Å². The molecule has 3 aromatic rings. The van der Waals surface area contributed by atoms with Gasteiger partial charge in [-0.3, -0.25) is 4.79 Å². The molecule has 3 rings (SSSR count). The first-order chi connectivity index (χ1) is 11.3. The van der Waals surface area contributed by atoms with Crippen molar-refractivity contribution in [2.75, 3.05) is 5.73 Å². The highest BCUT2D eigenvalue weighted by molar-refractivity contribution is 6.11. The summed E-state index contributed by atoms with van der Waals surface area (Å²) in [5.41, 5.74) is 2.77. The number of carbonyl (C=O) groups is 2. The fourth-order valence-electron chi connectivity index (χ4n) is 2.65. The van der Waals surface area contributed by atoms with Crippen LogP contribution in [0.2, 0.25) is 0 Å². The molecule has 2 heterocycles. The first kappa shape index (κ1) is 15.3. The number of nitrogens with one attached hydrogen (secondary N) is 2. The second kappa shape index (κ2) is 5.23. The maximum absolute atomic E-state index is 13.9. The summed E-state index contributed by atoms with van der Waals surface area (Å²) in [6, 6.07) is 3.66. The van der Waals surface area contributed by atoms with Gasteiger partial charge in [0.25, 0.3) is 5.56 Å². The number of rotatable bonds is 3. The van der Waals surface area contributed by atoms with Gasteiger partial charge in [-0.2, -0.15) is 0 Å². The number of hydrogen-bond donors (Lipinski definition) is 5. The lowest BCUT2D eigenvalue weighted by Crippen LogP contribution is -2.24. The topological polar surface area (TPSA) is 149 Å². The number of anilines is 1. The third kappa shape index (κ3) is 2.19. The van der Waals surface area contributed by atoms with Crippen molar-refractivity contribution in [3.05, 3.63) is 51.7 Å². The Hall–Kier alpha value is -3.62. The lowest BCUT2D eigenvalue weighted by molar-refractivity contribution is 0.0695. The Morgan fingerprint density at radius 3 is 2.42 bits per heavy atom. The van der Waals surface area contributed by atoms with Crippen LogP contribution in [-0.4, -0.2) is 32.1 Å². The minimum Gasteiger partial charge on any atom is -0.478 e. The van der Waals surface area contributed by atoms with Gasteiger partial charge in [-0.15, -0.1) is 0 Å². The van der Waals surface area contributed by atoms with Crippen LogP contribution in [0.15, 0.2) is 29.2 Å². The highest BCUT2D eigenvalue weighted by Gasteiger charge is 2.28. The van der Waals surface area contributed by atoms with Gasteiger partial charge in [0.15, 0.2) is 0 Å². The fourth-order valence-corrected chi connectivity index (χ4v) is 2.65. The summed E-state index contributed by atoms with van der Waals surface area (Å²) in [6.07, 6.45) is 1.48. The second-order valence-electron chi connectivity index (χ2n) is 5.00. The Kier molecular flexibility index (Phi) is 3.33. The number of pyridine rings is 1. The van der Waals surface area contributed by atoms with Gasteiger partial charge in [0.05, 0.1) is 5.52 Å². The number of carboxylic acid groups (broad SMARTS) is 2. The molecule has 0 atom stereocenters. The molecule has 0 aliphatic carbocycles. The Morgan fingerprint density at radius 1 is 1.12 bits per heavy atom. The van der Waals surface area contributed by atoms with Crippen LogP contribution in [-0.2, 0) is 0 Å². The molecule has 0 saturated heterocycles. The number of carboxylic acids is 2. The number of aromatic amines is 2. The lowest BCUT2D eigenvalue weighted by Gasteiger charge is -2.13. The first-order valence-electron chi connectivity index (χ1n) is 6.60. The van der Waals surface area contributed by atoms with E-state index in [9.17, 15) is 29.0 Å². The normalized spacial score (nSPS) is 10.9. The SMILES string of the molecule is Nc1[nH]c(=O)c(C(=O)O)c(-c2cc(F)cc3cc[nH]c23)c1C(=O)O. The van der Waals surface area contributed by atoms with Crippen molar-refractivity contribution in [3.63, 3.8) is 0 Å². The molecule has 0 spiro atoms. The summed E-state index contributed by atoms with van der Waals surface area (Å²) in [5, 5.41) is 19.1. The molecule has 0 saturated carbocycles. The van der Waals surface area contributed by atoms with Gasteiger partial charge >= 0.3 is 11.9 Å². The van der Waals surface area contributed by atoms with Crippen LogP contribution in [0.5, 0.6) is 0 Å². The average molecular weight is 331 g/mol. The van der Waals surface area contributed by atoms with Gasteiger partial charge in [0.2, 0.25) is 0 Å². The number of aromatic carboxylic acids is 2. The smallest absolute Gasteiger partial charge is 0.342 e. The standard InChI is InChI=1S/C15H10FN3O5/c16-6-3-5-1-2-18-11(5)7(4-6)8-9(14(21)22)12(17)19-13(20)10(8)15(23)24/h1-4,18H,(H,21,22)(H,23,24)(H3,17,19,20). The van der Waals surface area contributed by atoms with Crippen LogP contribution in [0.25, 0.3) is 22.0 Å². The number of benzene rings is 1. The quantitative estimate of drug-likeness (QED) is 0.492. The number of halogens is 1. The van der Waals surface area contributed by atoms with Crippen LogP contribution in [0.4, 0.5) is 10.2 Å². The molecule has 0 aliphatic rings. The van der Waals surface area contributed by atoms with E-state index in [0.717, 1.165) is 6.07 Å². The van der Waals surface area contributed by atoms with E-state index in [-0.39, 0.29) is 11.1 Å². The van der Waals surface area contributed by atoms with Gasteiger partial charge < -0.3 is 25.9 Å². The number of fused-ring (bicyclic) bond motifs is 1. The Balaban J connectivity index is 2.59. The van der Waals surface area contributed by atoms with Crippen molar-refractivity contribution in [1.82, 2.24) is 9.97 Å². The largest absolute Gasteiger partial charge is 0.478 e. The molecule has 24 heavy (non-hydrogen) atoms. The highest BCUT2D eigenvalue weighted by Crippen LogP contribution is 2.34. The monoisotopic (exact) mass is 331 g/mol. The van der Waals surface area contributed by atoms with Crippen molar-refractivity contribution in [3.8, 4) is 11.1 Å². The maximum Gasteiger partial charge on any atom is 0.342 e. The molecule has 9 heteroatoms. The van der Waals surface area contributed by atoms with Crippen LogP contribution in [0.1, 0.15) is 20.7 Å². The van der Waals surface area contributed by atoms with Gasteiger partial charge in [-0.1, -0.05) is 0 Å².